The molecule has 1 aliphatic carbocycles. The molecular weight excluding hydrogens is 1230 g/mol. The van der Waals surface area contributed by atoms with E-state index in [2.05, 4.69) is 118 Å². The Balaban J connectivity index is 0.000000139. The molecule has 0 fully saturated rings. The Morgan fingerprint density at radius 3 is 1.31 bits per heavy atom. The Labute approximate surface area is 563 Å². The number of nitrogen functional groups attached to an aromatic ring is 3. The molecule has 11 N–H and O–H groups in total. The third-order valence-electron chi connectivity index (χ3n) is 16.2. The number of nitrogens with zero attached hydrogens (tertiary/aromatic N) is 9. The van der Waals surface area contributed by atoms with E-state index in [4.69, 9.17) is 41.6 Å². The van der Waals surface area contributed by atoms with Crippen LogP contribution in [0.15, 0.2) is 202 Å². The average Bonchev–Trinajstić information content (AvgIpc) is 1.66. The number of carboxylic acid groups (broad SMARTS) is 1. The molecule has 22 heteroatoms. The minimum atomic E-state index is -0.939. The van der Waals surface area contributed by atoms with Crippen molar-refractivity contribution in [1.82, 2.24) is 56.0 Å². The lowest BCUT2D eigenvalue weighted by Crippen LogP contribution is -2.23. The van der Waals surface area contributed by atoms with E-state index in [9.17, 15) is 14.4 Å². The maximum absolute atomic E-state index is 12.7. The highest BCUT2D eigenvalue weighted by atomic mass is 16.5. The molecule has 0 aliphatic heterocycles. The molecule has 492 valence electrons. The summed E-state index contributed by atoms with van der Waals surface area (Å²) < 4.78 is 15.3. The molecule has 14 aromatic rings. The van der Waals surface area contributed by atoms with Gasteiger partial charge in [0.25, 0.3) is 11.8 Å². The Hall–Kier alpha value is -12.6. The Kier molecular flexibility index (Phi) is 20.6. The molecule has 5 aromatic carbocycles. The molecule has 0 spiro atoms. The first-order valence-corrected chi connectivity index (χ1v) is 31.1. The highest BCUT2D eigenvalue weighted by molar-refractivity contribution is 5.95. The second kappa shape index (κ2) is 30.2. The van der Waals surface area contributed by atoms with Crippen LogP contribution >= 0.6 is 0 Å². The van der Waals surface area contributed by atoms with E-state index in [1.807, 2.05) is 110 Å². The molecule has 1 unspecified atom stereocenters. The third-order valence-corrected chi connectivity index (χ3v) is 16.2. The molecule has 2 amide bonds. The van der Waals surface area contributed by atoms with Gasteiger partial charge in [-0.1, -0.05) is 76.0 Å². The molecule has 15 rings (SSSR count). The molecule has 1 atom stereocenters. The van der Waals surface area contributed by atoms with Crippen LogP contribution in [0.3, 0.4) is 0 Å². The minimum Gasteiger partial charge on any atom is -0.478 e. The van der Waals surface area contributed by atoms with E-state index in [1.54, 1.807) is 30.6 Å². The number of pyridine rings is 6. The Bertz CT molecular complexity index is 5050. The fourth-order valence-corrected chi connectivity index (χ4v) is 11.1. The van der Waals surface area contributed by atoms with Crippen molar-refractivity contribution in [2.75, 3.05) is 23.7 Å². The summed E-state index contributed by atoms with van der Waals surface area (Å²) in [6, 6.07) is 46.1. The second-order valence-corrected chi connectivity index (χ2v) is 23.7. The Morgan fingerprint density at radius 2 is 0.888 bits per heavy atom. The van der Waals surface area contributed by atoms with Gasteiger partial charge in [-0.3, -0.25) is 39.5 Å². The number of aromatic nitrogens is 9. The summed E-state index contributed by atoms with van der Waals surface area (Å²) in [6.45, 7) is 7.54. The number of carbonyl (C=O) groups excluding carboxylic acids is 2. The quantitative estimate of drug-likeness (QED) is 0.0532. The number of amides is 2. The number of nitrogens with one attached hydrogen (secondary N) is 2. The van der Waals surface area contributed by atoms with Gasteiger partial charge in [0.2, 0.25) is 0 Å². The van der Waals surface area contributed by atoms with Crippen molar-refractivity contribution in [2.24, 2.45) is 11.7 Å². The summed E-state index contributed by atoms with van der Waals surface area (Å²) in [5, 5.41) is 30.9. The molecule has 0 radical (unpaired) electrons. The summed E-state index contributed by atoms with van der Waals surface area (Å²) >= 11 is 0. The maximum atomic E-state index is 12.7. The van der Waals surface area contributed by atoms with E-state index in [1.165, 1.54) is 29.0 Å². The SMILES string of the molecule is C.Cc1ccc2ncc(Cc3cc(C(=O)NCc4ccc5c(N)noc5c4)ccn3)cc2c1.Cc1ccc2ncc(Cc3cc(C(=O)NCc4ccc5c(N)noc5c4)ccn3)cc2c1.Cc1ccc2ncc(Cc3cc(C(=O)O)ccn3)cc2c1.NCC1C=Cc2onc(N)c2C1. The molecule has 98 heavy (non-hydrogen) atoms. The zero-order valence-electron chi connectivity index (χ0n) is 53.2. The smallest absolute Gasteiger partial charge is 0.335 e. The lowest BCUT2D eigenvalue weighted by Gasteiger charge is -2.12. The first-order valence-electron chi connectivity index (χ1n) is 31.1. The molecule has 1 aliphatic rings. The van der Waals surface area contributed by atoms with Crippen molar-refractivity contribution in [1.29, 1.82) is 0 Å². The van der Waals surface area contributed by atoms with Crippen molar-refractivity contribution >= 4 is 96.0 Å². The van der Waals surface area contributed by atoms with Crippen LogP contribution in [0, 0.1) is 26.7 Å². The van der Waals surface area contributed by atoms with Crippen LogP contribution in [0.2, 0.25) is 0 Å². The molecule has 0 saturated carbocycles. The fraction of sp³-hybridized carbons (Fsp3) is 0.158. The summed E-state index contributed by atoms with van der Waals surface area (Å²) in [6.07, 6.45) is 16.9. The monoisotopic (exact) mass is 1310 g/mol. The number of aromatic carboxylic acids is 1. The number of rotatable bonds is 14. The largest absolute Gasteiger partial charge is 0.478 e. The number of carboxylic acids is 1. The van der Waals surface area contributed by atoms with Crippen LogP contribution < -0.4 is 33.6 Å². The number of nitrogens with two attached hydrogens (primary N) is 4. The maximum Gasteiger partial charge on any atom is 0.335 e. The van der Waals surface area contributed by atoms with Crippen molar-refractivity contribution in [3.05, 3.63) is 278 Å². The number of carbonyl (C=O) groups is 3. The van der Waals surface area contributed by atoms with Gasteiger partial charge in [-0.05, 0) is 189 Å². The highest BCUT2D eigenvalue weighted by Gasteiger charge is 2.20. The van der Waals surface area contributed by atoms with Crippen LogP contribution in [-0.4, -0.2) is 74.8 Å². The first-order chi connectivity index (χ1) is 47.0. The van der Waals surface area contributed by atoms with E-state index in [-0.39, 0.29) is 24.8 Å². The van der Waals surface area contributed by atoms with Crippen molar-refractivity contribution < 1.29 is 33.1 Å². The van der Waals surface area contributed by atoms with Gasteiger partial charge in [0.05, 0.1) is 32.9 Å². The van der Waals surface area contributed by atoms with Crippen LogP contribution in [-0.2, 0) is 38.8 Å². The molecule has 9 aromatic heterocycles. The third kappa shape index (κ3) is 16.5. The summed E-state index contributed by atoms with van der Waals surface area (Å²) in [5.74, 6) is 1.08. The van der Waals surface area contributed by atoms with Gasteiger partial charge in [0.15, 0.2) is 34.4 Å². The predicted molar refractivity (Wildman–Crippen MR) is 380 cm³/mol. The van der Waals surface area contributed by atoms with E-state index in [0.29, 0.717) is 84.6 Å². The number of anilines is 3. The average molecular weight is 1310 g/mol. The van der Waals surface area contributed by atoms with Gasteiger partial charge < -0.3 is 52.2 Å². The number of hydrogen-bond acceptors (Lipinski definition) is 19. The Morgan fingerprint density at radius 1 is 0.480 bits per heavy atom. The van der Waals surface area contributed by atoms with Gasteiger partial charge in [-0.2, -0.15) is 0 Å². The van der Waals surface area contributed by atoms with Crippen molar-refractivity contribution in [2.45, 2.75) is 67.0 Å². The van der Waals surface area contributed by atoms with Crippen LogP contribution in [0.1, 0.15) is 111 Å². The van der Waals surface area contributed by atoms with Crippen LogP contribution in [0.4, 0.5) is 17.5 Å². The number of benzene rings is 5. The lowest BCUT2D eigenvalue weighted by molar-refractivity contribution is 0.0696. The molecular formula is C76H71N15O7. The molecule has 22 nitrogen and oxygen atoms in total. The van der Waals surface area contributed by atoms with E-state index < -0.39 is 5.97 Å². The van der Waals surface area contributed by atoms with Crippen LogP contribution in [0.25, 0.3) is 60.7 Å². The second-order valence-electron chi connectivity index (χ2n) is 23.7. The summed E-state index contributed by atoms with van der Waals surface area (Å²) in [4.78, 5) is 63.0. The number of hydrogen-bond donors (Lipinski definition) is 7. The molecule has 0 saturated heterocycles. The first kappa shape index (κ1) is 66.9. The topological polar surface area (TPSA) is 355 Å². The molecule has 9 heterocycles. The van der Waals surface area contributed by atoms with Gasteiger partial charge in [-0.25, -0.2) is 4.79 Å². The van der Waals surface area contributed by atoms with Gasteiger partial charge in [0.1, 0.15) is 0 Å². The van der Waals surface area contributed by atoms with Crippen LogP contribution in [0.5, 0.6) is 0 Å². The summed E-state index contributed by atoms with van der Waals surface area (Å²) in [5.41, 5.74) is 39.9. The number of aryl methyl sites for hydroxylation is 3. The standard InChI is InChI=1S/2C25H21N5O2.C17H14N2O2.C8H11N3O.CH4/c2*1-15-2-5-22-19(8-15)9-17(14-28-22)10-20-12-18(6-7-27-20)25(31)29-13-16-3-4-21-23(11-16)32-30-24(21)26;1-11-2-3-16-14(6-11)7-12(10-19-16)8-15-9-13(17(20)21)4-5-18-15;9-4-5-1-2-7-6(3-5)8(10)11-12-7;/h2*2-9,11-12,14H,10,13H2,1H3,(H2,26,30)(H,29,31);2-7,9-10H,8H2,1H3,(H,20,21);1-2,5H,3-4,9H2,(H2,10,11);1H4. The van der Waals surface area contributed by atoms with Gasteiger partial charge in [-0.15, -0.1) is 0 Å². The summed E-state index contributed by atoms with van der Waals surface area (Å²) in [7, 11) is 0. The fourth-order valence-electron chi connectivity index (χ4n) is 11.1. The molecule has 0 bridgehead atoms. The zero-order valence-corrected chi connectivity index (χ0v) is 53.2. The lowest BCUT2D eigenvalue weighted by atomic mass is 9.94. The van der Waals surface area contributed by atoms with E-state index in [0.717, 1.165) is 106 Å². The minimum absolute atomic E-state index is 0. The zero-order chi connectivity index (χ0) is 67.5. The normalized spacial score (nSPS) is 12.1. The highest BCUT2D eigenvalue weighted by Crippen LogP contribution is 2.28. The van der Waals surface area contributed by atoms with E-state index >= 15 is 0 Å². The van der Waals surface area contributed by atoms with Crippen molar-refractivity contribution in [3.63, 3.8) is 0 Å². The van der Waals surface area contributed by atoms with Gasteiger partial charge >= 0.3 is 5.97 Å². The van der Waals surface area contributed by atoms with Gasteiger partial charge in [0, 0.05) is 119 Å². The number of fused-ring (bicyclic) bond motifs is 6. The van der Waals surface area contributed by atoms with Crippen molar-refractivity contribution in [3.8, 4) is 0 Å². The predicted octanol–water partition coefficient (Wildman–Crippen LogP) is 12.6.